The summed E-state index contributed by atoms with van der Waals surface area (Å²) in [4.78, 5) is 10.4. The Labute approximate surface area is 189 Å². The van der Waals surface area contributed by atoms with Gasteiger partial charge in [-0.2, -0.15) is 0 Å². The molecule has 0 aliphatic carbocycles. The number of methoxy groups -OCH3 is 1. The first kappa shape index (κ1) is 21.9. The van der Waals surface area contributed by atoms with Crippen LogP contribution in [0, 0.1) is 13.7 Å². The van der Waals surface area contributed by atoms with E-state index in [0.29, 0.717) is 24.7 Å². The second-order valence-electron chi connectivity index (χ2n) is 6.73. The summed E-state index contributed by atoms with van der Waals surface area (Å²) in [5.74, 6) is 1.31. The van der Waals surface area contributed by atoms with Gasteiger partial charge in [0.05, 0.1) is 15.6 Å². The smallest absolute Gasteiger partial charge is 0.269 e. The first-order chi connectivity index (χ1) is 14.5. The molecule has 3 rings (SSSR count). The summed E-state index contributed by atoms with van der Waals surface area (Å²) >= 11 is 2.23. The number of rotatable bonds is 9. The number of benzene rings is 3. The number of anilines is 1. The van der Waals surface area contributed by atoms with Crippen LogP contribution in [0.4, 0.5) is 11.4 Å². The fourth-order valence-electron chi connectivity index (χ4n) is 2.95. The highest BCUT2D eigenvalue weighted by Gasteiger charge is 2.13. The SMILES string of the molecule is CCc1ccc(NCc2cc(I)c(OCc3ccc([N+](=O)[O-])cc3)c(OC)c2)cc1. The molecule has 0 amide bonds. The van der Waals surface area contributed by atoms with Crippen molar-refractivity contribution in [2.24, 2.45) is 0 Å². The minimum Gasteiger partial charge on any atom is -0.493 e. The summed E-state index contributed by atoms with van der Waals surface area (Å²) in [5.41, 5.74) is 4.37. The molecule has 30 heavy (non-hydrogen) atoms. The van der Waals surface area contributed by atoms with Crippen LogP contribution in [0.3, 0.4) is 0 Å². The molecule has 6 nitrogen and oxygen atoms in total. The highest BCUT2D eigenvalue weighted by Crippen LogP contribution is 2.35. The average molecular weight is 518 g/mol. The molecule has 0 saturated heterocycles. The van der Waals surface area contributed by atoms with Gasteiger partial charge in [-0.05, 0) is 82.1 Å². The molecule has 0 unspecified atom stereocenters. The molecule has 156 valence electrons. The van der Waals surface area contributed by atoms with Crippen LogP contribution < -0.4 is 14.8 Å². The molecule has 0 aliphatic heterocycles. The number of non-ortho nitro benzene ring substituents is 1. The zero-order chi connectivity index (χ0) is 21.5. The van der Waals surface area contributed by atoms with Crippen LogP contribution in [0.15, 0.2) is 60.7 Å². The van der Waals surface area contributed by atoms with Crippen molar-refractivity contribution >= 4 is 34.0 Å². The van der Waals surface area contributed by atoms with Gasteiger partial charge < -0.3 is 14.8 Å². The van der Waals surface area contributed by atoms with E-state index in [1.807, 2.05) is 6.07 Å². The summed E-state index contributed by atoms with van der Waals surface area (Å²) in [6.45, 7) is 3.11. The second kappa shape index (κ2) is 10.3. The standard InChI is InChI=1S/C23H23IN2O4/c1-3-16-4-8-19(9-5-16)25-14-18-12-21(24)23(22(13-18)29-2)30-15-17-6-10-20(11-7-17)26(27)28/h4-13,25H,3,14-15H2,1-2H3. The molecule has 0 radical (unpaired) electrons. The fraction of sp³-hybridized carbons (Fsp3) is 0.217. The van der Waals surface area contributed by atoms with Gasteiger partial charge in [-0.25, -0.2) is 0 Å². The van der Waals surface area contributed by atoms with Crippen molar-refractivity contribution in [2.45, 2.75) is 26.5 Å². The maximum Gasteiger partial charge on any atom is 0.269 e. The Morgan fingerprint density at radius 3 is 2.27 bits per heavy atom. The molecular formula is C23H23IN2O4. The Morgan fingerprint density at radius 1 is 1.00 bits per heavy atom. The molecule has 3 aromatic rings. The van der Waals surface area contributed by atoms with Gasteiger partial charge in [0.15, 0.2) is 11.5 Å². The number of nitrogens with one attached hydrogen (secondary N) is 1. The van der Waals surface area contributed by atoms with E-state index in [-0.39, 0.29) is 5.69 Å². The normalized spacial score (nSPS) is 10.5. The molecule has 3 aromatic carbocycles. The number of aryl methyl sites for hydroxylation is 1. The van der Waals surface area contributed by atoms with Crippen molar-refractivity contribution in [2.75, 3.05) is 12.4 Å². The molecular weight excluding hydrogens is 495 g/mol. The van der Waals surface area contributed by atoms with Crippen molar-refractivity contribution in [3.63, 3.8) is 0 Å². The number of ether oxygens (including phenoxy) is 2. The van der Waals surface area contributed by atoms with Gasteiger partial charge in [0, 0.05) is 24.4 Å². The van der Waals surface area contributed by atoms with Gasteiger partial charge in [-0.3, -0.25) is 10.1 Å². The maximum absolute atomic E-state index is 10.8. The first-order valence-corrected chi connectivity index (χ1v) is 10.6. The van der Waals surface area contributed by atoms with E-state index in [9.17, 15) is 10.1 Å². The maximum atomic E-state index is 10.8. The van der Waals surface area contributed by atoms with E-state index in [4.69, 9.17) is 9.47 Å². The van der Waals surface area contributed by atoms with Gasteiger partial charge in [0.25, 0.3) is 5.69 Å². The van der Waals surface area contributed by atoms with Crippen LogP contribution in [-0.2, 0) is 19.6 Å². The van der Waals surface area contributed by atoms with Crippen LogP contribution >= 0.6 is 22.6 Å². The number of hydrogen-bond donors (Lipinski definition) is 1. The molecule has 0 aliphatic rings. The van der Waals surface area contributed by atoms with Crippen molar-refractivity contribution in [1.29, 1.82) is 0 Å². The highest BCUT2D eigenvalue weighted by molar-refractivity contribution is 14.1. The summed E-state index contributed by atoms with van der Waals surface area (Å²) in [5, 5.41) is 14.2. The zero-order valence-corrected chi connectivity index (χ0v) is 19.0. The minimum atomic E-state index is -0.415. The Morgan fingerprint density at radius 2 is 1.67 bits per heavy atom. The van der Waals surface area contributed by atoms with Gasteiger partial charge in [0.2, 0.25) is 0 Å². The van der Waals surface area contributed by atoms with E-state index in [2.05, 4.69) is 65.2 Å². The van der Waals surface area contributed by atoms with Crippen LogP contribution in [0.1, 0.15) is 23.6 Å². The lowest BCUT2D eigenvalue weighted by Gasteiger charge is -2.15. The molecule has 0 bridgehead atoms. The summed E-state index contributed by atoms with van der Waals surface area (Å²) in [6.07, 6.45) is 1.02. The quantitative estimate of drug-likeness (QED) is 0.215. The minimum absolute atomic E-state index is 0.0621. The zero-order valence-electron chi connectivity index (χ0n) is 16.9. The number of nitro groups is 1. The van der Waals surface area contributed by atoms with Gasteiger partial charge in [0.1, 0.15) is 6.61 Å². The molecule has 0 atom stereocenters. The van der Waals surface area contributed by atoms with Crippen LogP contribution in [0.2, 0.25) is 0 Å². The Bertz CT molecular complexity index is 1000. The number of hydrogen-bond acceptors (Lipinski definition) is 5. The van der Waals surface area contributed by atoms with E-state index >= 15 is 0 Å². The molecule has 0 heterocycles. The highest BCUT2D eigenvalue weighted by atomic mass is 127. The first-order valence-electron chi connectivity index (χ1n) is 9.55. The molecule has 0 spiro atoms. The molecule has 7 heteroatoms. The summed E-state index contributed by atoms with van der Waals surface area (Å²) < 4.78 is 12.4. The van der Waals surface area contributed by atoms with E-state index in [1.165, 1.54) is 17.7 Å². The van der Waals surface area contributed by atoms with Gasteiger partial charge >= 0.3 is 0 Å². The van der Waals surface area contributed by atoms with Gasteiger partial charge in [-0.15, -0.1) is 0 Å². The van der Waals surface area contributed by atoms with Crippen LogP contribution in [0.5, 0.6) is 11.5 Å². The van der Waals surface area contributed by atoms with Crippen LogP contribution in [0.25, 0.3) is 0 Å². The van der Waals surface area contributed by atoms with E-state index < -0.39 is 4.92 Å². The Hall–Kier alpha value is -2.81. The lowest BCUT2D eigenvalue weighted by Crippen LogP contribution is -2.04. The topological polar surface area (TPSA) is 73.6 Å². The average Bonchev–Trinajstić information content (AvgIpc) is 2.77. The van der Waals surface area contributed by atoms with Crippen LogP contribution in [-0.4, -0.2) is 12.0 Å². The van der Waals surface area contributed by atoms with Gasteiger partial charge in [-0.1, -0.05) is 19.1 Å². The fourth-order valence-corrected chi connectivity index (χ4v) is 3.77. The molecule has 0 saturated carbocycles. The molecule has 0 aromatic heterocycles. The van der Waals surface area contributed by atoms with E-state index in [1.54, 1.807) is 19.2 Å². The third kappa shape index (κ3) is 5.63. The lowest BCUT2D eigenvalue weighted by molar-refractivity contribution is -0.384. The third-order valence-electron chi connectivity index (χ3n) is 4.68. The number of nitro benzene ring substituents is 1. The van der Waals surface area contributed by atoms with E-state index in [0.717, 1.165) is 26.8 Å². The summed E-state index contributed by atoms with van der Waals surface area (Å²) in [6, 6.07) is 18.8. The monoisotopic (exact) mass is 518 g/mol. The largest absolute Gasteiger partial charge is 0.493 e. The molecule has 0 fully saturated rings. The van der Waals surface area contributed by atoms with Crippen molar-refractivity contribution in [1.82, 2.24) is 0 Å². The van der Waals surface area contributed by atoms with Crippen molar-refractivity contribution in [3.05, 3.63) is 91.0 Å². The summed E-state index contributed by atoms with van der Waals surface area (Å²) in [7, 11) is 1.62. The second-order valence-corrected chi connectivity index (χ2v) is 7.89. The number of halogens is 1. The number of nitrogens with zero attached hydrogens (tertiary/aromatic N) is 1. The van der Waals surface area contributed by atoms with Crippen molar-refractivity contribution < 1.29 is 14.4 Å². The third-order valence-corrected chi connectivity index (χ3v) is 5.48. The van der Waals surface area contributed by atoms with Crippen molar-refractivity contribution in [3.8, 4) is 11.5 Å². The molecule has 1 N–H and O–H groups in total. The Kier molecular flexibility index (Phi) is 7.51. The Balaban J connectivity index is 1.67. The predicted octanol–water partition coefficient (Wildman–Crippen LogP) is 5.96. The lowest BCUT2D eigenvalue weighted by atomic mass is 10.1. The predicted molar refractivity (Wildman–Crippen MR) is 126 cm³/mol.